The minimum Gasteiger partial charge on any atom is -0.293 e. The highest BCUT2D eigenvalue weighted by atomic mass is 32.2. The number of fused-ring (bicyclic) bond motifs is 2. The average molecular weight is 290 g/mol. The molecule has 0 saturated carbocycles. The van der Waals surface area contributed by atoms with Gasteiger partial charge in [0, 0.05) is 11.1 Å². The number of Topliss-reactive ketones (excluding diaryl/α,β-unsaturated/α-hetero) is 2. The Morgan fingerprint density at radius 1 is 0.900 bits per heavy atom. The van der Waals surface area contributed by atoms with Crippen molar-refractivity contribution in [2.75, 3.05) is 0 Å². The maximum absolute atomic E-state index is 12.4. The molecule has 2 aliphatic carbocycles. The van der Waals surface area contributed by atoms with Crippen LogP contribution in [0, 0.1) is 11.8 Å². The van der Waals surface area contributed by atoms with Gasteiger partial charge in [-0.15, -0.1) is 0 Å². The summed E-state index contributed by atoms with van der Waals surface area (Å²) >= 11 is 0. The fourth-order valence-corrected chi connectivity index (χ4v) is 3.08. The standard InChI is InChI=1S/C14H10O5S/c15-13-9-3-1-2-4-10(9)14(16)12-7-8(20(17,18)19)5-6-11(12)13/h1-7,9-10H,(H,17,18,19). The van der Waals surface area contributed by atoms with Gasteiger partial charge in [0.25, 0.3) is 10.1 Å². The minimum atomic E-state index is -4.40. The fourth-order valence-electron chi connectivity index (χ4n) is 2.57. The molecule has 5 nitrogen and oxygen atoms in total. The lowest BCUT2D eigenvalue weighted by Crippen LogP contribution is -2.35. The van der Waals surface area contributed by atoms with Gasteiger partial charge in [-0.25, -0.2) is 0 Å². The summed E-state index contributed by atoms with van der Waals surface area (Å²) in [6, 6.07) is 3.47. The van der Waals surface area contributed by atoms with Crippen molar-refractivity contribution in [2.24, 2.45) is 11.8 Å². The first-order chi connectivity index (χ1) is 9.39. The zero-order valence-corrected chi connectivity index (χ0v) is 11.0. The molecule has 0 fully saturated rings. The predicted octanol–water partition coefficient (Wildman–Crippen LogP) is 1.67. The molecule has 0 aromatic heterocycles. The van der Waals surface area contributed by atoms with Gasteiger partial charge in [-0.2, -0.15) is 8.42 Å². The lowest BCUT2D eigenvalue weighted by atomic mass is 9.72. The number of rotatable bonds is 1. The van der Waals surface area contributed by atoms with Crippen molar-refractivity contribution < 1.29 is 22.6 Å². The summed E-state index contributed by atoms with van der Waals surface area (Å²) in [6.45, 7) is 0. The summed E-state index contributed by atoms with van der Waals surface area (Å²) in [5.41, 5.74) is 0.245. The summed E-state index contributed by atoms with van der Waals surface area (Å²) in [7, 11) is -4.40. The third-order valence-electron chi connectivity index (χ3n) is 3.56. The fraction of sp³-hybridized carbons (Fsp3) is 0.143. The quantitative estimate of drug-likeness (QED) is 0.795. The third kappa shape index (κ3) is 1.85. The molecule has 6 heteroatoms. The van der Waals surface area contributed by atoms with Crippen LogP contribution >= 0.6 is 0 Å². The van der Waals surface area contributed by atoms with E-state index >= 15 is 0 Å². The van der Waals surface area contributed by atoms with Crippen LogP contribution in [-0.2, 0) is 10.1 Å². The molecule has 102 valence electrons. The Kier molecular flexibility index (Phi) is 2.74. The molecule has 0 saturated heterocycles. The topological polar surface area (TPSA) is 88.5 Å². The van der Waals surface area contributed by atoms with E-state index in [1.54, 1.807) is 24.3 Å². The number of hydrogen-bond acceptors (Lipinski definition) is 4. The van der Waals surface area contributed by atoms with Crippen molar-refractivity contribution in [1.82, 2.24) is 0 Å². The van der Waals surface area contributed by atoms with Crippen LogP contribution < -0.4 is 0 Å². The van der Waals surface area contributed by atoms with E-state index in [0.29, 0.717) is 0 Å². The molecule has 0 heterocycles. The molecule has 0 amide bonds. The van der Waals surface area contributed by atoms with E-state index in [9.17, 15) is 18.0 Å². The molecule has 2 aliphatic rings. The first-order valence-electron chi connectivity index (χ1n) is 5.94. The predicted molar refractivity (Wildman–Crippen MR) is 70.2 cm³/mol. The van der Waals surface area contributed by atoms with Gasteiger partial charge in [0.15, 0.2) is 11.6 Å². The average Bonchev–Trinajstić information content (AvgIpc) is 2.43. The molecule has 0 radical (unpaired) electrons. The molecule has 20 heavy (non-hydrogen) atoms. The van der Waals surface area contributed by atoms with Gasteiger partial charge >= 0.3 is 0 Å². The summed E-state index contributed by atoms with van der Waals surface area (Å²) < 4.78 is 31.3. The van der Waals surface area contributed by atoms with E-state index in [-0.39, 0.29) is 27.6 Å². The number of benzene rings is 1. The van der Waals surface area contributed by atoms with Gasteiger partial charge in [0.05, 0.1) is 16.7 Å². The Morgan fingerprint density at radius 2 is 1.45 bits per heavy atom. The summed E-state index contributed by atoms with van der Waals surface area (Å²) in [4.78, 5) is 24.3. The lowest BCUT2D eigenvalue weighted by molar-refractivity contribution is 0.0801. The van der Waals surface area contributed by atoms with E-state index in [1.165, 1.54) is 6.07 Å². The van der Waals surface area contributed by atoms with Crippen molar-refractivity contribution >= 4 is 21.7 Å². The molecule has 0 aliphatic heterocycles. The van der Waals surface area contributed by atoms with Gasteiger partial charge in [0.1, 0.15) is 0 Å². The maximum atomic E-state index is 12.4. The molecule has 2 unspecified atom stereocenters. The van der Waals surface area contributed by atoms with Crippen molar-refractivity contribution in [1.29, 1.82) is 0 Å². The lowest BCUT2D eigenvalue weighted by Gasteiger charge is -2.28. The molecular weight excluding hydrogens is 280 g/mol. The van der Waals surface area contributed by atoms with Crippen LogP contribution in [0.5, 0.6) is 0 Å². The second-order valence-corrected chi connectivity index (χ2v) is 6.15. The number of carbonyl (C=O) groups is 2. The SMILES string of the molecule is O=C1c2ccc(S(=O)(=O)O)cc2C(=O)C2C=CC=CC12. The first-order valence-corrected chi connectivity index (χ1v) is 7.38. The van der Waals surface area contributed by atoms with Gasteiger partial charge in [-0.1, -0.05) is 24.3 Å². The molecule has 3 rings (SSSR count). The molecule has 0 spiro atoms. The van der Waals surface area contributed by atoms with Crippen LogP contribution in [0.3, 0.4) is 0 Å². The number of carbonyl (C=O) groups excluding carboxylic acids is 2. The second kappa shape index (κ2) is 4.22. The molecule has 1 aromatic rings. The van der Waals surface area contributed by atoms with Crippen molar-refractivity contribution in [3.63, 3.8) is 0 Å². The molecule has 2 atom stereocenters. The highest BCUT2D eigenvalue weighted by Gasteiger charge is 2.39. The number of ketones is 2. The summed E-state index contributed by atoms with van der Waals surface area (Å²) in [5.74, 6) is -1.66. The highest BCUT2D eigenvalue weighted by Crippen LogP contribution is 2.34. The van der Waals surface area contributed by atoms with Crippen LogP contribution in [-0.4, -0.2) is 24.5 Å². The first kappa shape index (κ1) is 13.0. The van der Waals surface area contributed by atoms with Crippen molar-refractivity contribution in [3.8, 4) is 0 Å². The van der Waals surface area contributed by atoms with Gasteiger partial charge in [0.2, 0.25) is 0 Å². The van der Waals surface area contributed by atoms with Crippen molar-refractivity contribution in [3.05, 3.63) is 53.6 Å². The Morgan fingerprint density at radius 3 is 2.00 bits per heavy atom. The van der Waals surface area contributed by atoms with E-state index in [0.717, 1.165) is 12.1 Å². The minimum absolute atomic E-state index is 0.0475. The zero-order chi connectivity index (χ0) is 14.5. The van der Waals surface area contributed by atoms with E-state index in [4.69, 9.17) is 4.55 Å². The van der Waals surface area contributed by atoms with Crippen molar-refractivity contribution in [2.45, 2.75) is 4.90 Å². The highest BCUT2D eigenvalue weighted by molar-refractivity contribution is 7.85. The largest absolute Gasteiger partial charge is 0.294 e. The van der Waals surface area contributed by atoms with Gasteiger partial charge in [-0.05, 0) is 18.2 Å². The molecular formula is C14H10O5S. The van der Waals surface area contributed by atoms with Crippen LogP contribution in [0.4, 0.5) is 0 Å². The smallest absolute Gasteiger partial charge is 0.293 e. The zero-order valence-electron chi connectivity index (χ0n) is 10.2. The molecule has 1 aromatic carbocycles. The Balaban J connectivity index is 2.21. The van der Waals surface area contributed by atoms with Crippen LogP contribution in [0.25, 0.3) is 0 Å². The third-order valence-corrected chi connectivity index (χ3v) is 4.41. The van der Waals surface area contributed by atoms with Gasteiger partial charge in [-0.3, -0.25) is 14.1 Å². The van der Waals surface area contributed by atoms with Crippen LogP contribution in [0.2, 0.25) is 0 Å². The van der Waals surface area contributed by atoms with Crippen LogP contribution in [0.15, 0.2) is 47.4 Å². The second-order valence-electron chi connectivity index (χ2n) is 4.73. The summed E-state index contributed by atoms with van der Waals surface area (Å²) in [5, 5.41) is 0. The molecule has 1 N–H and O–H groups in total. The number of hydrogen-bond donors (Lipinski definition) is 1. The van der Waals surface area contributed by atoms with Gasteiger partial charge < -0.3 is 0 Å². The molecule has 0 bridgehead atoms. The Hall–Kier alpha value is -2.05. The van der Waals surface area contributed by atoms with Crippen LogP contribution in [0.1, 0.15) is 20.7 Å². The van der Waals surface area contributed by atoms with E-state index in [1.807, 2.05) is 0 Å². The van der Waals surface area contributed by atoms with E-state index in [2.05, 4.69) is 0 Å². The normalized spacial score (nSPS) is 24.4. The maximum Gasteiger partial charge on any atom is 0.294 e. The monoisotopic (exact) mass is 290 g/mol. The Bertz CT molecular complexity index is 786. The number of allylic oxidation sites excluding steroid dienone is 4. The Labute approximate surface area is 115 Å². The van der Waals surface area contributed by atoms with E-state index < -0.39 is 22.0 Å². The summed E-state index contributed by atoms with van der Waals surface area (Å²) in [6.07, 6.45) is 6.70.